The Labute approximate surface area is 144 Å². The molecule has 0 bridgehead atoms. The van der Waals surface area contributed by atoms with Gasteiger partial charge in [-0.1, -0.05) is 6.07 Å². The number of amides is 2. The van der Waals surface area contributed by atoms with Gasteiger partial charge in [0.15, 0.2) is 0 Å². The monoisotopic (exact) mass is 336 g/mol. The molecule has 0 aromatic carbocycles. The van der Waals surface area contributed by atoms with Gasteiger partial charge in [0.25, 0.3) is 11.8 Å². The second-order valence-corrected chi connectivity index (χ2v) is 5.24. The summed E-state index contributed by atoms with van der Waals surface area (Å²) >= 11 is 0. The molecular formula is C18H16N4O3. The van der Waals surface area contributed by atoms with Crippen molar-refractivity contribution in [1.29, 1.82) is 0 Å². The number of nitrogens with zero attached hydrogens (tertiary/aromatic N) is 2. The summed E-state index contributed by atoms with van der Waals surface area (Å²) in [5.41, 5.74) is 1.41. The first-order valence-electron chi connectivity index (χ1n) is 7.66. The second-order valence-electron chi connectivity index (χ2n) is 5.24. The Morgan fingerprint density at radius 3 is 2.64 bits per heavy atom. The molecule has 3 aromatic rings. The van der Waals surface area contributed by atoms with Crippen LogP contribution in [0.5, 0.6) is 0 Å². The lowest BCUT2D eigenvalue weighted by Crippen LogP contribution is -2.26. The lowest BCUT2D eigenvalue weighted by Gasteiger charge is -2.07. The number of aromatic nitrogens is 2. The van der Waals surface area contributed by atoms with Crippen LogP contribution in [0.2, 0.25) is 0 Å². The number of rotatable bonds is 6. The van der Waals surface area contributed by atoms with Crippen molar-refractivity contribution < 1.29 is 14.0 Å². The third-order valence-electron chi connectivity index (χ3n) is 3.43. The van der Waals surface area contributed by atoms with E-state index in [1.807, 2.05) is 6.07 Å². The molecule has 0 atom stereocenters. The van der Waals surface area contributed by atoms with E-state index in [4.69, 9.17) is 4.42 Å². The zero-order valence-electron chi connectivity index (χ0n) is 13.3. The SMILES string of the molecule is O=C(NCc1ccco1)c1ccnc(C(=O)NCc2cccnc2)c1. The van der Waals surface area contributed by atoms with Crippen LogP contribution >= 0.6 is 0 Å². The number of pyridine rings is 2. The number of hydrogen-bond acceptors (Lipinski definition) is 5. The van der Waals surface area contributed by atoms with Gasteiger partial charge < -0.3 is 15.1 Å². The quantitative estimate of drug-likeness (QED) is 0.717. The zero-order valence-corrected chi connectivity index (χ0v) is 13.3. The summed E-state index contributed by atoms with van der Waals surface area (Å²) in [6.07, 6.45) is 6.31. The van der Waals surface area contributed by atoms with Gasteiger partial charge in [0, 0.05) is 30.7 Å². The minimum Gasteiger partial charge on any atom is -0.467 e. The molecule has 0 radical (unpaired) electrons. The predicted octanol–water partition coefficient (Wildman–Crippen LogP) is 1.93. The molecule has 0 saturated heterocycles. The first-order valence-corrected chi connectivity index (χ1v) is 7.66. The van der Waals surface area contributed by atoms with Crippen LogP contribution in [0, 0.1) is 0 Å². The Morgan fingerprint density at radius 2 is 1.88 bits per heavy atom. The van der Waals surface area contributed by atoms with Gasteiger partial charge in [-0.3, -0.25) is 19.6 Å². The molecule has 0 spiro atoms. The highest BCUT2D eigenvalue weighted by atomic mass is 16.3. The maximum atomic E-state index is 12.2. The molecule has 3 heterocycles. The fraction of sp³-hybridized carbons (Fsp3) is 0.111. The van der Waals surface area contributed by atoms with Crippen LogP contribution in [0.1, 0.15) is 32.2 Å². The van der Waals surface area contributed by atoms with Gasteiger partial charge in [-0.15, -0.1) is 0 Å². The molecule has 0 aliphatic heterocycles. The van der Waals surface area contributed by atoms with Crippen LogP contribution < -0.4 is 10.6 Å². The summed E-state index contributed by atoms with van der Waals surface area (Å²) in [5, 5.41) is 5.47. The molecule has 3 aromatic heterocycles. The van der Waals surface area contributed by atoms with Crippen LogP contribution in [0.25, 0.3) is 0 Å². The van der Waals surface area contributed by atoms with Gasteiger partial charge in [-0.05, 0) is 35.9 Å². The standard InChI is InChI=1S/C18H16N4O3/c23-17(22-12-15-4-2-8-25-15)14-5-7-20-16(9-14)18(24)21-11-13-3-1-6-19-10-13/h1-10H,11-12H2,(H,21,24)(H,22,23). The van der Waals surface area contributed by atoms with Crippen LogP contribution in [0.15, 0.2) is 65.7 Å². The van der Waals surface area contributed by atoms with Crippen LogP contribution in [-0.4, -0.2) is 21.8 Å². The third kappa shape index (κ3) is 4.51. The van der Waals surface area contributed by atoms with E-state index in [0.29, 0.717) is 17.9 Å². The normalized spacial score (nSPS) is 10.2. The lowest BCUT2D eigenvalue weighted by atomic mass is 10.2. The van der Waals surface area contributed by atoms with Crippen LogP contribution in [0.4, 0.5) is 0 Å². The van der Waals surface area contributed by atoms with E-state index in [-0.39, 0.29) is 24.1 Å². The van der Waals surface area contributed by atoms with Gasteiger partial charge in [0.1, 0.15) is 11.5 Å². The average molecular weight is 336 g/mol. The summed E-state index contributed by atoms with van der Waals surface area (Å²) in [7, 11) is 0. The first kappa shape index (κ1) is 16.4. The van der Waals surface area contributed by atoms with E-state index in [2.05, 4.69) is 20.6 Å². The van der Waals surface area contributed by atoms with E-state index in [1.54, 1.807) is 42.9 Å². The van der Waals surface area contributed by atoms with Crippen molar-refractivity contribution in [2.45, 2.75) is 13.1 Å². The molecule has 0 aliphatic carbocycles. The summed E-state index contributed by atoms with van der Waals surface area (Å²) < 4.78 is 5.16. The molecule has 126 valence electrons. The van der Waals surface area contributed by atoms with Gasteiger partial charge in [-0.2, -0.15) is 0 Å². The first-order chi connectivity index (χ1) is 12.2. The van der Waals surface area contributed by atoms with E-state index >= 15 is 0 Å². The van der Waals surface area contributed by atoms with Crippen LogP contribution in [-0.2, 0) is 13.1 Å². The number of nitrogens with one attached hydrogen (secondary N) is 2. The highest BCUT2D eigenvalue weighted by Crippen LogP contribution is 2.05. The van der Waals surface area contributed by atoms with Crippen molar-refractivity contribution in [3.63, 3.8) is 0 Å². The van der Waals surface area contributed by atoms with E-state index < -0.39 is 0 Å². The largest absolute Gasteiger partial charge is 0.467 e. The minimum absolute atomic E-state index is 0.175. The maximum absolute atomic E-state index is 12.2. The Hall–Kier alpha value is -3.48. The van der Waals surface area contributed by atoms with Crippen LogP contribution in [0.3, 0.4) is 0 Å². The van der Waals surface area contributed by atoms with Gasteiger partial charge in [0.2, 0.25) is 0 Å². The van der Waals surface area contributed by atoms with Crippen molar-refractivity contribution in [2.24, 2.45) is 0 Å². The third-order valence-corrected chi connectivity index (χ3v) is 3.43. The van der Waals surface area contributed by atoms with Crippen molar-refractivity contribution in [1.82, 2.24) is 20.6 Å². The van der Waals surface area contributed by atoms with Crippen molar-refractivity contribution >= 4 is 11.8 Å². The topological polar surface area (TPSA) is 97.1 Å². The maximum Gasteiger partial charge on any atom is 0.270 e. The summed E-state index contributed by atoms with van der Waals surface area (Å²) in [6, 6.07) is 10.2. The Balaban J connectivity index is 1.60. The minimum atomic E-state index is -0.357. The number of hydrogen-bond donors (Lipinski definition) is 2. The van der Waals surface area contributed by atoms with Gasteiger partial charge in [0.05, 0.1) is 12.8 Å². The highest BCUT2D eigenvalue weighted by Gasteiger charge is 2.12. The molecular weight excluding hydrogens is 320 g/mol. The fourth-order valence-corrected chi connectivity index (χ4v) is 2.15. The van der Waals surface area contributed by atoms with E-state index in [0.717, 1.165) is 5.56 Å². The molecule has 25 heavy (non-hydrogen) atoms. The van der Waals surface area contributed by atoms with E-state index in [1.165, 1.54) is 12.3 Å². The summed E-state index contributed by atoms with van der Waals surface area (Å²) in [5.74, 6) is -0.0125. The molecule has 2 amide bonds. The summed E-state index contributed by atoms with van der Waals surface area (Å²) in [6.45, 7) is 0.611. The molecule has 0 saturated carbocycles. The van der Waals surface area contributed by atoms with Crippen molar-refractivity contribution in [2.75, 3.05) is 0 Å². The molecule has 7 heteroatoms. The molecule has 0 fully saturated rings. The van der Waals surface area contributed by atoms with Gasteiger partial charge in [-0.25, -0.2) is 0 Å². The second kappa shape index (κ2) is 7.87. The number of carbonyl (C=O) groups excluding carboxylic acids is 2. The Kier molecular flexibility index (Phi) is 5.16. The molecule has 0 unspecified atom stereocenters. The van der Waals surface area contributed by atoms with Crippen molar-refractivity contribution in [3.8, 4) is 0 Å². The number of furan rings is 1. The molecule has 0 aliphatic rings. The molecule has 7 nitrogen and oxygen atoms in total. The smallest absolute Gasteiger partial charge is 0.270 e. The summed E-state index contributed by atoms with van der Waals surface area (Å²) in [4.78, 5) is 32.4. The van der Waals surface area contributed by atoms with E-state index in [9.17, 15) is 9.59 Å². The lowest BCUT2D eigenvalue weighted by molar-refractivity contribution is 0.0946. The highest BCUT2D eigenvalue weighted by molar-refractivity contribution is 5.98. The van der Waals surface area contributed by atoms with Gasteiger partial charge >= 0.3 is 0 Å². The Bertz CT molecular complexity index is 848. The predicted molar refractivity (Wildman–Crippen MR) is 89.5 cm³/mol. The zero-order chi connectivity index (χ0) is 17.5. The molecule has 3 rings (SSSR count). The average Bonchev–Trinajstić information content (AvgIpc) is 3.18. The Morgan fingerprint density at radius 1 is 1.00 bits per heavy atom. The fourth-order valence-electron chi connectivity index (χ4n) is 2.15. The van der Waals surface area contributed by atoms with Crippen molar-refractivity contribution in [3.05, 3.63) is 83.8 Å². The number of carbonyl (C=O) groups is 2. The molecule has 2 N–H and O–H groups in total.